The zero-order valence-corrected chi connectivity index (χ0v) is 9.43. The molecule has 0 atom stereocenters. The first-order valence-corrected chi connectivity index (χ1v) is 4.84. The first kappa shape index (κ1) is 11.6. The monoisotopic (exact) mass is 247 g/mol. The number of carbonyl (C=O) groups is 1. The highest BCUT2D eigenvalue weighted by Crippen LogP contribution is 2.45. The Hall–Kier alpha value is -1.43. The molecule has 8 heteroatoms. The lowest BCUT2D eigenvalue weighted by molar-refractivity contribution is 0.0603. The molecule has 1 heterocycles. The predicted octanol–water partition coefficient (Wildman–Crippen LogP) is 3.14. The molecule has 15 heavy (non-hydrogen) atoms. The van der Waals surface area contributed by atoms with Crippen molar-refractivity contribution in [3.63, 3.8) is 0 Å². The van der Waals surface area contributed by atoms with Gasteiger partial charge in [0.05, 0.1) is 14.2 Å². The van der Waals surface area contributed by atoms with Crippen LogP contribution in [0.4, 0.5) is 5.00 Å². The second-order valence-electron chi connectivity index (χ2n) is 2.26. The van der Waals surface area contributed by atoms with Crippen LogP contribution in [0, 0.1) is 0 Å². The molecule has 0 bridgehead atoms. The largest absolute Gasteiger partial charge is 0.493 e. The number of azide groups is 1. The van der Waals surface area contributed by atoms with E-state index in [9.17, 15) is 4.79 Å². The van der Waals surface area contributed by atoms with Crippen molar-refractivity contribution < 1.29 is 14.3 Å². The molecule has 0 radical (unpaired) electrons. The van der Waals surface area contributed by atoms with Crippen LogP contribution in [0.2, 0.25) is 5.02 Å². The summed E-state index contributed by atoms with van der Waals surface area (Å²) < 4.78 is 9.44. The molecule has 0 aliphatic rings. The molecule has 1 aromatic rings. The number of rotatable bonds is 3. The van der Waals surface area contributed by atoms with E-state index in [0.29, 0.717) is 0 Å². The van der Waals surface area contributed by atoms with E-state index in [-0.39, 0.29) is 20.7 Å². The van der Waals surface area contributed by atoms with Gasteiger partial charge in [-0.25, -0.2) is 4.79 Å². The molecule has 0 amide bonds. The van der Waals surface area contributed by atoms with Crippen molar-refractivity contribution in [2.45, 2.75) is 0 Å². The highest BCUT2D eigenvalue weighted by molar-refractivity contribution is 7.18. The standard InChI is InChI=1S/C7H6ClN3O3S/c1-13-4-3(8)6(10-11-9)15-5(4)7(12)14-2/h1-2H3. The number of esters is 1. The summed E-state index contributed by atoms with van der Waals surface area (Å²) >= 11 is 6.74. The Labute approximate surface area is 94.0 Å². The van der Waals surface area contributed by atoms with Gasteiger partial charge in [0.2, 0.25) is 0 Å². The smallest absolute Gasteiger partial charge is 0.351 e. The molecule has 0 fully saturated rings. The van der Waals surface area contributed by atoms with Crippen LogP contribution >= 0.6 is 22.9 Å². The average Bonchev–Trinajstić information content (AvgIpc) is 2.55. The summed E-state index contributed by atoms with van der Waals surface area (Å²) in [6, 6.07) is 0. The fourth-order valence-corrected chi connectivity index (χ4v) is 2.18. The minimum absolute atomic E-state index is 0.112. The molecular weight excluding hydrogens is 242 g/mol. The summed E-state index contributed by atoms with van der Waals surface area (Å²) in [6.45, 7) is 0. The Bertz CT molecular complexity index is 439. The van der Waals surface area contributed by atoms with Gasteiger partial charge in [-0.05, 0) is 10.6 Å². The number of nitrogens with zero attached hydrogens (tertiary/aromatic N) is 3. The van der Waals surface area contributed by atoms with E-state index < -0.39 is 5.97 Å². The topological polar surface area (TPSA) is 84.3 Å². The molecule has 0 aliphatic heterocycles. The Morgan fingerprint density at radius 3 is 2.73 bits per heavy atom. The Morgan fingerprint density at radius 2 is 2.27 bits per heavy atom. The van der Waals surface area contributed by atoms with Gasteiger partial charge in [0.1, 0.15) is 10.0 Å². The van der Waals surface area contributed by atoms with Crippen LogP contribution < -0.4 is 4.74 Å². The quantitative estimate of drug-likeness (QED) is 0.356. The zero-order chi connectivity index (χ0) is 11.4. The molecule has 6 nitrogen and oxygen atoms in total. The third-order valence-corrected chi connectivity index (χ3v) is 3.00. The van der Waals surface area contributed by atoms with Crippen LogP contribution in [-0.2, 0) is 4.74 Å². The van der Waals surface area contributed by atoms with Crippen LogP contribution in [0.15, 0.2) is 5.11 Å². The van der Waals surface area contributed by atoms with E-state index in [1.807, 2.05) is 0 Å². The van der Waals surface area contributed by atoms with E-state index in [0.717, 1.165) is 11.3 Å². The van der Waals surface area contributed by atoms with Crippen molar-refractivity contribution in [1.82, 2.24) is 0 Å². The van der Waals surface area contributed by atoms with Crippen LogP contribution in [0.25, 0.3) is 10.4 Å². The van der Waals surface area contributed by atoms with Gasteiger partial charge in [-0.3, -0.25) is 0 Å². The normalized spacial score (nSPS) is 9.27. The third-order valence-electron chi connectivity index (χ3n) is 1.50. The lowest BCUT2D eigenvalue weighted by atomic mass is 10.4. The molecular formula is C7H6ClN3O3S. The summed E-state index contributed by atoms with van der Waals surface area (Å²) in [5.41, 5.74) is 8.26. The third kappa shape index (κ3) is 2.15. The number of methoxy groups -OCH3 is 2. The zero-order valence-electron chi connectivity index (χ0n) is 7.85. The van der Waals surface area contributed by atoms with Gasteiger partial charge in [0, 0.05) is 4.91 Å². The number of carbonyl (C=O) groups excluding carboxylic acids is 1. The van der Waals surface area contributed by atoms with Gasteiger partial charge in [0.25, 0.3) is 0 Å². The van der Waals surface area contributed by atoms with Gasteiger partial charge >= 0.3 is 5.97 Å². The second-order valence-corrected chi connectivity index (χ2v) is 3.64. The van der Waals surface area contributed by atoms with E-state index in [1.54, 1.807) is 0 Å². The SMILES string of the molecule is COC(=O)c1sc(N=[N+]=[N-])c(Cl)c1OC. The van der Waals surface area contributed by atoms with Crippen molar-refractivity contribution >= 4 is 33.9 Å². The maximum absolute atomic E-state index is 11.3. The van der Waals surface area contributed by atoms with Crippen molar-refractivity contribution in [3.8, 4) is 5.75 Å². The van der Waals surface area contributed by atoms with Crippen molar-refractivity contribution in [1.29, 1.82) is 0 Å². The van der Waals surface area contributed by atoms with Crippen LogP contribution in [0.5, 0.6) is 5.75 Å². The molecule has 0 spiro atoms. The van der Waals surface area contributed by atoms with E-state index >= 15 is 0 Å². The van der Waals surface area contributed by atoms with E-state index in [2.05, 4.69) is 14.8 Å². The number of hydrogen-bond acceptors (Lipinski definition) is 5. The predicted molar refractivity (Wildman–Crippen MR) is 56.0 cm³/mol. The number of halogens is 1. The summed E-state index contributed by atoms with van der Waals surface area (Å²) in [6.07, 6.45) is 0. The maximum atomic E-state index is 11.3. The Morgan fingerprint density at radius 1 is 1.60 bits per heavy atom. The first-order chi connectivity index (χ1) is 7.15. The minimum Gasteiger partial charge on any atom is -0.493 e. The molecule has 0 unspecified atom stereocenters. The highest BCUT2D eigenvalue weighted by atomic mass is 35.5. The van der Waals surface area contributed by atoms with Crippen molar-refractivity contribution in [2.24, 2.45) is 5.11 Å². The molecule has 0 N–H and O–H groups in total. The minimum atomic E-state index is -0.585. The second kappa shape index (κ2) is 4.88. The fourth-order valence-electron chi connectivity index (χ4n) is 0.899. The molecule has 0 saturated heterocycles. The van der Waals surface area contributed by atoms with Gasteiger partial charge in [-0.15, -0.1) is 11.3 Å². The van der Waals surface area contributed by atoms with Gasteiger partial charge < -0.3 is 9.47 Å². The van der Waals surface area contributed by atoms with E-state index in [1.165, 1.54) is 14.2 Å². The van der Waals surface area contributed by atoms with Crippen molar-refractivity contribution in [2.75, 3.05) is 14.2 Å². The lowest BCUT2D eigenvalue weighted by Crippen LogP contribution is -2.00. The summed E-state index contributed by atoms with van der Waals surface area (Å²) in [4.78, 5) is 14.0. The van der Waals surface area contributed by atoms with Crippen LogP contribution in [0.1, 0.15) is 9.67 Å². The number of thiophene rings is 1. The van der Waals surface area contributed by atoms with Gasteiger partial charge in [0.15, 0.2) is 10.6 Å². The summed E-state index contributed by atoms with van der Waals surface area (Å²) in [5.74, 6) is -0.422. The number of hydrogen-bond donors (Lipinski definition) is 0. The van der Waals surface area contributed by atoms with Gasteiger partial charge in [-0.2, -0.15) is 0 Å². The molecule has 0 aromatic carbocycles. The Balaban J connectivity index is 3.33. The van der Waals surface area contributed by atoms with E-state index in [4.69, 9.17) is 21.9 Å². The summed E-state index contributed by atoms with van der Waals surface area (Å²) in [5, 5.41) is 3.62. The van der Waals surface area contributed by atoms with Crippen molar-refractivity contribution in [3.05, 3.63) is 20.3 Å². The average molecular weight is 248 g/mol. The van der Waals surface area contributed by atoms with Crippen LogP contribution in [0.3, 0.4) is 0 Å². The van der Waals surface area contributed by atoms with Crippen LogP contribution in [-0.4, -0.2) is 20.2 Å². The molecule has 1 rings (SSSR count). The molecule has 0 saturated carbocycles. The summed E-state index contributed by atoms with van der Waals surface area (Å²) in [7, 11) is 2.60. The van der Waals surface area contributed by atoms with Gasteiger partial charge in [-0.1, -0.05) is 11.6 Å². The molecule has 0 aliphatic carbocycles. The molecule has 1 aromatic heterocycles. The fraction of sp³-hybridized carbons (Fsp3) is 0.286. The first-order valence-electron chi connectivity index (χ1n) is 3.65. The molecule has 80 valence electrons. The lowest BCUT2D eigenvalue weighted by Gasteiger charge is -2.00. The highest BCUT2D eigenvalue weighted by Gasteiger charge is 2.22. The number of ether oxygens (including phenoxy) is 2. The maximum Gasteiger partial charge on any atom is 0.351 e. The Kier molecular flexibility index (Phi) is 3.79.